The number of hydrogen-bond acceptors (Lipinski definition) is 3. The fourth-order valence-corrected chi connectivity index (χ4v) is 3.25. The Kier molecular flexibility index (Phi) is 5.08. The zero-order valence-electron chi connectivity index (χ0n) is 14.1. The first-order chi connectivity index (χ1) is 12.0. The molecule has 2 amide bonds. The highest BCUT2D eigenvalue weighted by atomic mass is 79.9. The maximum absolute atomic E-state index is 12.5. The molecule has 6 heteroatoms. The van der Waals surface area contributed by atoms with E-state index in [0.717, 1.165) is 10.9 Å². The van der Waals surface area contributed by atoms with Crippen LogP contribution in [0.1, 0.15) is 30.6 Å². The molecule has 0 spiro atoms. The van der Waals surface area contributed by atoms with Crippen LogP contribution in [0.2, 0.25) is 0 Å². The molecule has 0 fully saturated rings. The van der Waals surface area contributed by atoms with Crippen molar-refractivity contribution in [3.63, 3.8) is 0 Å². The summed E-state index contributed by atoms with van der Waals surface area (Å²) in [6.07, 6.45) is 0.339. The highest BCUT2D eigenvalue weighted by Crippen LogP contribution is 2.36. The number of carbonyl (C=O) groups excluding carboxylic acids is 2. The summed E-state index contributed by atoms with van der Waals surface area (Å²) >= 11 is 3.38. The first-order valence-corrected chi connectivity index (χ1v) is 8.98. The second-order valence-corrected chi connectivity index (χ2v) is 6.72. The van der Waals surface area contributed by atoms with Gasteiger partial charge in [0.05, 0.1) is 11.3 Å². The van der Waals surface area contributed by atoms with E-state index in [9.17, 15) is 9.59 Å². The van der Waals surface area contributed by atoms with E-state index in [1.165, 1.54) is 0 Å². The fraction of sp³-hybridized carbons (Fsp3) is 0.263. The molecule has 2 aromatic rings. The molecule has 1 N–H and O–H groups in total. The molecule has 0 aliphatic carbocycles. The zero-order valence-corrected chi connectivity index (χ0v) is 15.7. The average Bonchev–Trinajstić information content (AvgIpc) is 2.60. The quantitative estimate of drug-likeness (QED) is 0.832. The molecule has 3 rings (SSSR count). The number of fused-ring (bicyclic) bond motifs is 1. The minimum Gasteiger partial charge on any atom is -0.479 e. The van der Waals surface area contributed by atoms with Gasteiger partial charge in [-0.05, 0) is 59.6 Å². The van der Waals surface area contributed by atoms with Crippen LogP contribution in [0.3, 0.4) is 0 Å². The van der Waals surface area contributed by atoms with Crippen molar-refractivity contribution in [1.29, 1.82) is 0 Å². The van der Waals surface area contributed by atoms with Crippen molar-refractivity contribution in [3.05, 3.63) is 52.5 Å². The molecule has 1 aliphatic rings. The maximum atomic E-state index is 12.5. The van der Waals surface area contributed by atoms with E-state index in [4.69, 9.17) is 4.74 Å². The van der Waals surface area contributed by atoms with E-state index in [1.807, 2.05) is 25.1 Å². The number of nitrogens with zero attached hydrogens (tertiary/aromatic N) is 1. The van der Waals surface area contributed by atoms with Gasteiger partial charge in [-0.3, -0.25) is 9.59 Å². The summed E-state index contributed by atoms with van der Waals surface area (Å²) in [5.74, 6) is 0.369. The van der Waals surface area contributed by atoms with Crippen LogP contribution in [-0.2, 0) is 4.79 Å². The number of benzene rings is 2. The van der Waals surface area contributed by atoms with Crippen LogP contribution in [-0.4, -0.2) is 24.5 Å². The van der Waals surface area contributed by atoms with Gasteiger partial charge in [-0.1, -0.05) is 19.1 Å². The predicted octanol–water partition coefficient (Wildman–Crippen LogP) is 4.23. The van der Waals surface area contributed by atoms with Crippen molar-refractivity contribution >= 4 is 39.1 Å². The van der Waals surface area contributed by atoms with Crippen molar-refractivity contribution < 1.29 is 14.3 Å². The summed E-state index contributed by atoms with van der Waals surface area (Å²) in [4.78, 5) is 26.6. The number of rotatable bonds is 4. The van der Waals surface area contributed by atoms with Gasteiger partial charge in [-0.2, -0.15) is 0 Å². The summed E-state index contributed by atoms with van der Waals surface area (Å²) in [7, 11) is 0. The molecule has 130 valence electrons. The van der Waals surface area contributed by atoms with Crippen LogP contribution in [0, 0.1) is 0 Å². The number of amides is 2. The first kappa shape index (κ1) is 17.5. The minimum absolute atomic E-state index is 0.0661. The molecule has 5 nitrogen and oxygen atoms in total. The maximum Gasteiger partial charge on any atom is 0.267 e. The van der Waals surface area contributed by atoms with Gasteiger partial charge in [-0.15, -0.1) is 0 Å². The first-order valence-electron chi connectivity index (χ1n) is 8.19. The Labute approximate surface area is 155 Å². The molecule has 2 aromatic carbocycles. The molecule has 0 saturated heterocycles. The van der Waals surface area contributed by atoms with Crippen LogP contribution in [0.4, 0.5) is 11.4 Å². The standard InChI is InChI=1S/C19H19BrN2O3/c1-3-10-22-16-11-13(8-9-17(16)25-12(2)19(22)24)21-18(23)14-6-4-5-7-15(14)20/h4-9,11-12H,3,10H2,1-2H3,(H,21,23). The predicted molar refractivity (Wildman–Crippen MR) is 101 cm³/mol. The lowest BCUT2D eigenvalue weighted by Gasteiger charge is -2.33. The highest BCUT2D eigenvalue weighted by Gasteiger charge is 2.31. The van der Waals surface area contributed by atoms with Crippen molar-refractivity contribution in [3.8, 4) is 5.75 Å². The Morgan fingerprint density at radius 3 is 2.76 bits per heavy atom. The van der Waals surface area contributed by atoms with Gasteiger partial charge in [0.1, 0.15) is 5.75 Å². The lowest BCUT2D eigenvalue weighted by atomic mass is 10.1. The van der Waals surface area contributed by atoms with E-state index < -0.39 is 6.10 Å². The van der Waals surface area contributed by atoms with E-state index in [1.54, 1.807) is 36.1 Å². The van der Waals surface area contributed by atoms with Crippen molar-refractivity contribution in [2.75, 3.05) is 16.8 Å². The Balaban J connectivity index is 1.89. The molecule has 0 radical (unpaired) electrons. The van der Waals surface area contributed by atoms with Crippen LogP contribution < -0.4 is 15.0 Å². The number of nitrogens with one attached hydrogen (secondary N) is 1. The molecular weight excluding hydrogens is 384 g/mol. The van der Waals surface area contributed by atoms with Crippen LogP contribution in [0.5, 0.6) is 5.75 Å². The summed E-state index contributed by atoms with van der Waals surface area (Å²) < 4.78 is 6.40. The van der Waals surface area contributed by atoms with Crippen LogP contribution >= 0.6 is 15.9 Å². The van der Waals surface area contributed by atoms with Crippen molar-refractivity contribution in [2.45, 2.75) is 26.4 Å². The molecule has 1 aliphatic heterocycles. The van der Waals surface area contributed by atoms with E-state index >= 15 is 0 Å². The molecule has 25 heavy (non-hydrogen) atoms. The van der Waals surface area contributed by atoms with Gasteiger partial charge in [0.25, 0.3) is 11.8 Å². The summed E-state index contributed by atoms with van der Waals surface area (Å²) in [5.41, 5.74) is 1.85. The van der Waals surface area contributed by atoms with Gasteiger partial charge in [0, 0.05) is 16.7 Å². The fourth-order valence-electron chi connectivity index (χ4n) is 2.78. The SMILES string of the molecule is CCCN1C(=O)C(C)Oc2ccc(NC(=O)c3ccccc3Br)cc21. The van der Waals surface area contributed by atoms with Gasteiger partial charge >= 0.3 is 0 Å². The Morgan fingerprint density at radius 2 is 2.04 bits per heavy atom. The van der Waals surface area contributed by atoms with Crippen LogP contribution in [0.25, 0.3) is 0 Å². The van der Waals surface area contributed by atoms with Gasteiger partial charge in [0.2, 0.25) is 0 Å². The van der Waals surface area contributed by atoms with E-state index in [-0.39, 0.29) is 11.8 Å². The third-order valence-corrected chi connectivity index (χ3v) is 4.68. The summed E-state index contributed by atoms with van der Waals surface area (Å²) in [6.45, 7) is 4.38. The number of anilines is 2. The smallest absolute Gasteiger partial charge is 0.267 e. The van der Waals surface area contributed by atoms with E-state index in [2.05, 4.69) is 21.2 Å². The van der Waals surface area contributed by atoms with Gasteiger partial charge in [-0.25, -0.2) is 0 Å². The Bertz CT molecular complexity index is 822. The zero-order chi connectivity index (χ0) is 18.0. The topological polar surface area (TPSA) is 58.6 Å². The molecule has 1 unspecified atom stereocenters. The monoisotopic (exact) mass is 402 g/mol. The van der Waals surface area contributed by atoms with Gasteiger partial charge in [0.15, 0.2) is 6.10 Å². The number of ether oxygens (including phenoxy) is 1. The molecular formula is C19H19BrN2O3. The lowest BCUT2D eigenvalue weighted by Crippen LogP contribution is -2.44. The number of hydrogen-bond donors (Lipinski definition) is 1. The van der Waals surface area contributed by atoms with Gasteiger partial charge < -0.3 is 15.0 Å². The number of halogens is 1. The Morgan fingerprint density at radius 1 is 1.28 bits per heavy atom. The number of carbonyl (C=O) groups is 2. The van der Waals surface area contributed by atoms with Crippen molar-refractivity contribution in [1.82, 2.24) is 0 Å². The summed E-state index contributed by atoms with van der Waals surface area (Å²) in [6, 6.07) is 12.6. The van der Waals surface area contributed by atoms with E-state index in [0.29, 0.717) is 29.2 Å². The largest absolute Gasteiger partial charge is 0.479 e. The third kappa shape index (κ3) is 3.54. The molecule has 0 bridgehead atoms. The second kappa shape index (κ2) is 7.27. The average molecular weight is 403 g/mol. The molecule has 0 aromatic heterocycles. The molecule has 1 atom stereocenters. The van der Waals surface area contributed by atoms with Crippen LogP contribution in [0.15, 0.2) is 46.9 Å². The van der Waals surface area contributed by atoms with Crippen molar-refractivity contribution in [2.24, 2.45) is 0 Å². The minimum atomic E-state index is -0.500. The molecule has 1 heterocycles. The summed E-state index contributed by atoms with van der Waals surface area (Å²) in [5, 5.41) is 2.88. The second-order valence-electron chi connectivity index (χ2n) is 5.87. The Hall–Kier alpha value is -2.34. The molecule has 0 saturated carbocycles. The normalized spacial score (nSPS) is 16.2. The lowest BCUT2D eigenvalue weighted by molar-refractivity contribution is -0.125. The highest BCUT2D eigenvalue weighted by molar-refractivity contribution is 9.10. The third-order valence-electron chi connectivity index (χ3n) is 3.99.